The van der Waals surface area contributed by atoms with E-state index in [1.165, 1.54) is 16.7 Å². The minimum absolute atomic E-state index is 0.0972. The summed E-state index contributed by atoms with van der Waals surface area (Å²) in [5.41, 5.74) is 6.71. The molecule has 0 heterocycles. The lowest BCUT2D eigenvalue weighted by molar-refractivity contribution is 0.101. The molecule has 0 spiro atoms. The molecule has 0 aromatic heterocycles. The van der Waals surface area contributed by atoms with Crippen LogP contribution in [0.25, 0.3) is 22.3 Å². The Bertz CT molecular complexity index is 796. The third-order valence-electron chi connectivity index (χ3n) is 3.87. The number of carbonyl (C=O) groups is 1. The van der Waals surface area contributed by atoms with Crippen molar-refractivity contribution in [2.75, 3.05) is 0 Å². The van der Waals surface area contributed by atoms with E-state index in [0.717, 1.165) is 16.7 Å². The zero-order valence-corrected chi connectivity index (χ0v) is 12.8. The Hall–Kier alpha value is -2.67. The Morgan fingerprint density at radius 2 is 1.18 bits per heavy atom. The summed E-state index contributed by atoms with van der Waals surface area (Å²) >= 11 is 0. The molecule has 108 valence electrons. The number of benzene rings is 3. The zero-order chi connectivity index (χ0) is 15.5. The monoisotopic (exact) mass is 286 g/mol. The quantitative estimate of drug-likeness (QED) is 0.578. The van der Waals surface area contributed by atoms with Crippen LogP contribution in [0, 0.1) is 6.92 Å². The van der Waals surface area contributed by atoms with E-state index in [4.69, 9.17) is 0 Å². The summed E-state index contributed by atoms with van der Waals surface area (Å²) in [6.45, 7) is 3.68. The van der Waals surface area contributed by atoms with Gasteiger partial charge in [0.1, 0.15) is 0 Å². The average Bonchev–Trinajstić information content (AvgIpc) is 2.56. The molecular formula is C21H18O. The van der Waals surface area contributed by atoms with Gasteiger partial charge < -0.3 is 0 Å². The van der Waals surface area contributed by atoms with E-state index in [2.05, 4.69) is 55.5 Å². The fourth-order valence-corrected chi connectivity index (χ4v) is 2.52. The predicted octanol–water partition coefficient (Wildman–Crippen LogP) is 5.53. The number of carbonyl (C=O) groups excluding carboxylic acids is 1. The summed E-state index contributed by atoms with van der Waals surface area (Å²) in [6.07, 6.45) is 0. The van der Waals surface area contributed by atoms with E-state index in [1.807, 2.05) is 24.3 Å². The highest BCUT2D eigenvalue weighted by molar-refractivity contribution is 5.94. The molecule has 0 aliphatic carbocycles. The molecule has 22 heavy (non-hydrogen) atoms. The van der Waals surface area contributed by atoms with Crippen LogP contribution >= 0.6 is 0 Å². The lowest BCUT2D eigenvalue weighted by Crippen LogP contribution is -1.90. The van der Waals surface area contributed by atoms with Gasteiger partial charge in [-0.3, -0.25) is 4.79 Å². The molecule has 0 saturated carbocycles. The average molecular weight is 286 g/mol. The van der Waals surface area contributed by atoms with Gasteiger partial charge in [-0.25, -0.2) is 0 Å². The van der Waals surface area contributed by atoms with Gasteiger partial charge in [-0.1, -0.05) is 72.3 Å². The normalized spacial score (nSPS) is 10.5. The van der Waals surface area contributed by atoms with E-state index in [0.29, 0.717) is 0 Å². The van der Waals surface area contributed by atoms with Crippen molar-refractivity contribution < 1.29 is 4.79 Å². The van der Waals surface area contributed by atoms with Crippen LogP contribution in [0.2, 0.25) is 0 Å². The Kier molecular flexibility index (Phi) is 3.88. The fourth-order valence-electron chi connectivity index (χ4n) is 2.52. The molecule has 0 bridgehead atoms. The number of Topliss-reactive ketones (excluding diaryl/α,β-unsaturated/α-hetero) is 1. The van der Waals surface area contributed by atoms with Crippen molar-refractivity contribution in [1.82, 2.24) is 0 Å². The van der Waals surface area contributed by atoms with Crippen molar-refractivity contribution in [3.8, 4) is 22.3 Å². The van der Waals surface area contributed by atoms with E-state index in [9.17, 15) is 4.79 Å². The zero-order valence-electron chi connectivity index (χ0n) is 12.8. The van der Waals surface area contributed by atoms with Gasteiger partial charge in [0.15, 0.2) is 5.78 Å². The second-order valence-electron chi connectivity index (χ2n) is 5.58. The SMILES string of the molecule is CC(=O)c1ccc(-c2cccc(-c3ccc(C)cc3)c2)cc1. The largest absolute Gasteiger partial charge is 0.295 e. The highest BCUT2D eigenvalue weighted by Gasteiger charge is 2.03. The number of hydrogen-bond acceptors (Lipinski definition) is 1. The maximum absolute atomic E-state index is 11.4. The topological polar surface area (TPSA) is 17.1 Å². The van der Waals surface area contributed by atoms with Gasteiger partial charge in [0.2, 0.25) is 0 Å². The number of aryl methyl sites for hydroxylation is 1. The smallest absolute Gasteiger partial charge is 0.159 e. The second-order valence-corrected chi connectivity index (χ2v) is 5.58. The maximum Gasteiger partial charge on any atom is 0.159 e. The van der Waals surface area contributed by atoms with E-state index in [-0.39, 0.29) is 5.78 Å². The Morgan fingerprint density at radius 3 is 1.68 bits per heavy atom. The van der Waals surface area contributed by atoms with Crippen LogP contribution in [-0.2, 0) is 0 Å². The third-order valence-corrected chi connectivity index (χ3v) is 3.87. The van der Waals surface area contributed by atoms with Gasteiger partial charge in [0.25, 0.3) is 0 Å². The summed E-state index contributed by atoms with van der Waals surface area (Å²) in [5, 5.41) is 0. The van der Waals surface area contributed by atoms with Crippen molar-refractivity contribution in [3.05, 3.63) is 83.9 Å². The molecule has 0 radical (unpaired) electrons. The van der Waals surface area contributed by atoms with E-state index < -0.39 is 0 Å². The summed E-state index contributed by atoms with van der Waals surface area (Å²) in [4.78, 5) is 11.4. The van der Waals surface area contributed by atoms with E-state index in [1.54, 1.807) is 6.92 Å². The first kappa shape index (κ1) is 14.3. The first-order chi connectivity index (χ1) is 10.6. The molecule has 0 fully saturated rings. The number of rotatable bonds is 3. The molecule has 3 aromatic rings. The standard InChI is InChI=1S/C21H18O/c1-15-6-8-18(9-7-15)20-4-3-5-21(14-20)19-12-10-17(11-13-19)16(2)22/h3-14H,1-2H3. The van der Waals surface area contributed by atoms with Crippen molar-refractivity contribution in [2.24, 2.45) is 0 Å². The molecule has 0 aliphatic rings. The lowest BCUT2D eigenvalue weighted by atomic mass is 9.97. The number of ketones is 1. The van der Waals surface area contributed by atoms with Gasteiger partial charge >= 0.3 is 0 Å². The lowest BCUT2D eigenvalue weighted by Gasteiger charge is -2.07. The molecule has 0 N–H and O–H groups in total. The highest BCUT2D eigenvalue weighted by Crippen LogP contribution is 2.26. The van der Waals surface area contributed by atoms with Crippen molar-refractivity contribution in [1.29, 1.82) is 0 Å². The fraction of sp³-hybridized carbons (Fsp3) is 0.0952. The number of hydrogen-bond donors (Lipinski definition) is 0. The summed E-state index contributed by atoms with van der Waals surface area (Å²) < 4.78 is 0. The molecule has 0 atom stereocenters. The Morgan fingerprint density at radius 1 is 0.682 bits per heavy atom. The summed E-state index contributed by atoms with van der Waals surface area (Å²) in [5.74, 6) is 0.0972. The van der Waals surface area contributed by atoms with Crippen molar-refractivity contribution >= 4 is 5.78 Å². The van der Waals surface area contributed by atoms with Crippen LogP contribution in [0.3, 0.4) is 0 Å². The first-order valence-corrected chi connectivity index (χ1v) is 7.42. The van der Waals surface area contributed by atoms with Crippen LogP contribution in [-0.4, -0.2) is 5.78 Å². The van der Waals surface area contributed by atoms with Gasteiger partial charge in [0.05, 0.1) is 0 Å². The molecule has 0 amide bonds. The predicted molar refractivity (Wildman–Crippen MR) is 92.1 cm³/mol. The Labute approximate surface area is 131 Å². The first-order valence-electron chi connectivity index (χ1n) is 7.42. The Balaban J connectivity index is 1.97. The van der Waals surface area contributed by atoms with Gasteiger partial charge in [-0.2, -0.15) is 0 Å². The van der Waals surface area contributed by atoms with Crippen LogP contribution in [0.1, 0.15) is 22.8 Å². The molecular weight excluding hydrogens is 268 g/mol. The molecule has 3 aromatic carbocycles. The van der Waals surface area contributed by atoms with Crippen molar-refractivity contribution in [2.45, 2.75) is 13.8 Å². The van der Waals surface area contributed by atoms with Crippen molar-refractivity contribution in [3.63, 3.8) is 0 Å². The minimum atomic E-state index is 0.0972. The summed E-state index contributed by atoms with van der Waals surface area (Å²) in [7, 11) is 0. The minimum Gasteiger partial charge on any atom is -0.295 e. The van der Waals surface area contributed by atoms with Gasteiger partial charge in [-0.15, -0.1) is 0 Å². The maximum atomic E-state index is 11.4. The van der Waals surface area contributed by atoms with E-state index >= 15 is 0 Å². The second kappa shape index (κ2) is 5.98. The van der Waals surface area contributed by atoms with Gasteiger partial charge in [0, 0.05) is 5.56 Å². The molecule has 0 saturated heterocycles. The molecule has 1 nitrogen and oxygen atoms in total. The van der Waals surface area contributed by atoms with Crippen LogP contribution in [0.15, 0.2) is 72.8 Å². The molecule has 0 unspecified atom stereocenters. The molecule has 0 aliphatic heterocycles. The molecule has 1 heteroatoms. The highest BCUT2D eigenvalue weighted by atomic mass is 16.1. The summed E-state index contributed by atoms with van der Waals surface area (Å²) in [6, 6.07) is 24.8. The van der Waals surface area contributed by atoms with Gasteiger partial charge in [-0.05, 0) is 42.2 Å². The molecule has 3 rings (SSSR count). The van der Waals surface area contributed by atoms with Crippen LogP contribution < -0.4 is 0 Å². The van der Waals surface area contributed by atoms with Crippen LogP contribution in [0.5, 0.6) is 0 Å². The van der Waals surface area contributed by atoms with Crippen LogP contribution in [0.4, 0.5) is 0 Å². The third kappa shape index (κ3) is 2.99.